The first-order chi connectivity index (χ1) is 12.9. The summed E-state index contributed by atoms with van der Waals surface area (Å²) in [5.41, 5.74) is 0.383. The molecule has 2 saturated heterocycles. The number of sulfonamides is 1. The third-order valence-corrected chi connectivity index (χ3v) is 7.74. The summed E-state index contributed by atoms with van der Waals surface area (Å²) in [6.07, 6.45) is 3.04. The summed E-state index contributed by atoms with van der Waals surface area (Å²) in [6.45, 7) is 8.61. The number of nitrogens with one attached hydrogen (secondary N) is 1. The Bertz CT molecular complexity index is 749. The van der Waals surface area contributed by atoms with E-state index in [1.807, 2.05) is 4.90 Å². The lowest BCUT2D eigenvalue weighted by Gasteiger charge is -2.36. The summed E-state index contributed by atoms with van der Waals surface area (Å²) in [6, 6.07) is 0.265. The zero-order chi connectivity index (χ0) is 19.6. The predicted octanol–water partition coefficient (Wildman–Crippen LogP) is 1.71. The summed E-state index contributed by atoms with van der Waals surface area (Å²) in [5, 5.41) is 7.09. The van der Waals surface area contributed by atoms with Gasteiger partial charge in [0.25, 0.3) is 0 Å². The Hall–Kier alpha value is -1.16. The largest absolute Gasteiger partial charge is 0.360 e. The van der Waals surface area contributed by atoms with Crippen LogP contribution in [0.25, 0.3) is 0 Å². The number of aryl methyl sites for hydroxylation is 2. The number of halogens is 1. The Morgan fingerprint density at radius 3 is 2.46 bits per heavy atom. The van der Waals surface area contributed by atoms with Crippen molar-refractivity contribution in [2.45, 2.75) is 57.4 Å². The molecule has 0 spiro atoms. The third kappa shape index (κ3) is 4.53. The number of nitrogens with zero attached hydrogens (tertiary/aromatic N) is 3. The van der Waals surface area contributed by atoms with Crippen molar-refractivity contribution in [3.05, 3.63) is 11.5 Å². The van der Waals surface area contributed by atoms with Crippen LogP contribution in [0, 0.1) is 19.8 Å². The molecule has 3 heterocycles. The van der Waals surface area contributed by atoms with Gasteiger partial charge in [-0.2, -0.15) is 4.31 Å². The highest BCUT2D eigenvalue weighted by atomic mass is 35.5. The highest BCUT2D eigenvalue weighted by molar-refractivity contribution is 7.89. The fourth-order valence-electron chi connectivity index (χ4n) is 4.17. The third-order valence-electron chi connectivity index (χ3n) is 5.59. The molecule has 1 unspecified atom stereocenters. The molecule has 2 fully saturated rings. The molecular formula is C18H31ClN4O4S. The van der Waals surface area contributed by atoms with Crippen LogP contribution in [0.15, 0.2) is 9.42 Å². The Labute approximate surface area is 173 Å². The minimum absolute atomic E-state index is 0. The molecule has 8 nitrogen and oxygen atoms in total. The number of carbonyl (C=O) groups is 1. The van der Waals surface area contributed by atoms with Crippen LogP contribution < -0.4 is 5.32 Å². The zero-order valence-electron chi connectivity index (χ0n) is 16.8. The van der Waals surface area contributed by atoms with Crippen molar-refractivity contribution >= 4 is 28.3 Å². The topological polar surface area (TPSA) is 95.8 Å². The van der Waals surface area contributed by atoms with Gasteiger partial charge in [0.1, 0.15) is 10.6 Å². The second-order valence-corrected chi connectivity index (χ2v) is 9.38. The average molecular weight is 435 g/mol. The van der Waals surface area contributed by atoms with Crippen LogP contribution in [0.5, 0.6) is 0 Å². The average Bonchev–Trinajstić information content (AvgIpc) is 3.29. The molecule has 0 radical (unpaired) electrons. The number of aromatic nitrogens is 1. The van der Waals surface area contributed by atoms with Gasteiger partial charge in [-0.1, -0.05) is 12.1 Å². The molecule has 0 bridgehead atoms. The van der Waals surface area contributed by atoms with Crippen LogP contribution in [0.1, 0.15) is 44.1 Å². The van der Waals surface area contributed by atoms with Crippen LogP contribution in [0.2, 0.25) is 0 Å². The molecule has 1 aromatic rings. The molecule has 3 rings (SSSR count). The quantitative estimate of drug-likeness (QED) is 0.732. The van der Waals surface area contributed by atoms with E-state index < -0.39 is 10.0 Å². The molecule has 1 N–H and O–H groups in total. The first kappa shape index (κ1) is 23.1. The second-order valence-electron chi connectivity index (χ2n) is 7.51. The summed E-state index contributed by atoms with van der Waals surface area (Å²) < 4.78 is 32.4. The van der Waals surface area contributed by atoms with Crippen molar-refractivity contribution in [2.24, 2.45) is 5.92 Å². The van der Waals surface area contributed by atoms with E-state index in [4.69, 9.17) is 4.52 Å². The molecule has 160 valence electrons. The molecule has 0 aromatic carbocycles. The van der Waals surface area contributed by atoms with Crippen molar-refractivity contribution in [2.75, 3.05) is 32.7 Å². The predicted molar refractivity (Wildman–Crippen MR) is 108 cm³/mol. The molecule has 28 heavy (non-hydrogen) atoms. The van der Waals surface area contributed by atoms with Gasteiger partial charge in [-0.05, 0) is 46.1 Å². The van der Waals surface area contributed by atoms with Gasteiger partial charge in [-0.15, -0.1) is 12.4 Å². The van der Waals surface area contributed by atoms with Crippen LogP contribution >= 0.6 is 12.4 Å². The molecule has 1 aromatic heterocycles. The smallest absolute Gasteiger partial charge is 0.248 e. The van der Waals surface area contributed by atoms with Gasteiger partial charge in [0, 0.05) is 38.1 Å². The first-order valence-corrected chi connectivity index (χ1v) is 11.2. The Morgan fingerprint density at radius 1 is 1.29 bits per heavy atom. The van der Waals surface area contributed by atoms with E-state index in [2.05, 4.69) is 17.4 Å². The number of amides is 1. The van der Waals surface area contributed by atoms with E-state index in [0.29, 0.717) is 37.4 Å². The summed E-state index contributed by atoms with van der Waals surface area (Å²) in [7, 11) is -3.63. The van der Waals surface area contributed by atoms with E-state index in [-0.39, 0.29) is 35.2 Å². The summed E-state index contributed by atoms with van der Waals surface area (Å²) in [4.78, 5) is 15.3. The highest BCUT2D eigenvalue weighted by Gasteiger charge is 2.37. The number of hydrogen-bond donors (Lipinski definition) is 1. The van der Waals surface area contributed by atoms with Crippen molar-refractivity contribution in [1.82, 2.24) is 19.7 Å². The highest BCUT2D eigenvalue weighted by Crippen LogP contribution is 2.29. The number of hydrogen-bond acceptors (Lipinski definition) is 6. The van der Waals surface area contributed by atoms with Gasteiger partial charge in [0.15, 0.2) is 5.76 Å². The van der Waals surface area contributed by atoms with E-state index in [1.165, 1.54) is 4.31 Å². The molecule has 1 atom stereocenters. The van der Waals surface area contributed by atoms with Crippen LogP contribution in [0.4, 0.5) is 0 Å². The van der Waals surface area contributed by atoms with E-state index >= 15 is 0 Å². The normalized spacial score (nSPS) is 21.5. The molecule has 2 aliphatic rings. The van der Waals surface area contributed by atoms with Crippen molar-refractivity contribution in [3.63, 3.8) is 0 Å². The molecule has 0 saturated carbocycles. The van der Waals surface area contributed by atoms with Gasteiger partial charge < -0.3 is 14.7 Å². The standard InChI is InChI=1S/C18H30N4O4S.ClH/c1-4-9-22(16-5-8-19-12-16)18(23)15-6-10-21(11-7-15)27(24,25)17-13(2)20-26-14(17)3;/h15-16,19H,4-12H2,1-3H3;1H. The first-order valence-electron chi connectivity index (χ1n) is 9.80. The van der Waals surface area contributed by atoms with E-state index in [9.17, 15) is 13.2 Å². The van der Waals surface area contributed by atoms with Crippen LogP contribution in [0.3, 0.4) is 0 Å². The van der Waals surface area contributed by atoms with Crippen LogP contribution in [-0.2, 0) is 14.8 Å². The van der Waals surface area contributed by atoms with Gasteiger partial charge in [0.05, 0.1) is 0 Å². The summed E-state index contributed by atoms with van der Waals surface area (Å²) in [5.74, 6) is 0.391. The monoisotopic (exact) mass is 434 g/mol. The van der Waals surface area contributed by atoms with Crippen LogP contribution in [-0.4, -0.2) is 67.5 Å². The fraction of sp³-hybridized carbons (Fsp3) is 0.778. The fourth-order valence-corrected chi connectivity index (χ4v) is 5.93. The SMILES string of the molecule is CCCN(C(=O)C1CCN(S(=O)(=O)c2c(C)noc2C)CC1)C1CCNC1.Cl. The summed E-state index contributed by atoms with van der Waals surface area (Å²) >= 11 is 0. The molecule has 1 amide bonds. The van der Waals surface area contributed by atoms with Gasteiger partial charge >= 0.3 is 0 Å². The number of piperidine rings is 1. The van der Waals surface area contributed by atoms with Crippen molar-refractivity contribution < 1.29 is 17.7 Å². The van der Waals surface area contributed by atoms with Gasteiger partial charge in [0.2, 0.25) is 15.9 Å². The number of rotatable bonds is 6. The molecule has 0 aliphatic carbocycles. The lowest BCUT2D eigenvalue weighted by molar-refractivity contribution is -0.138. The van der Waals surface area contributed by atoms with Gasteiger partial charge in [-0.3, -0.25) is 4.79 Å². The lowest BCUT2D eigenvalue weighted by Crippen LogP contribution is -2.48. The van der Waals surface area contributed by atoms with E-state index in [1.54, 1.807) is 13.8 Å². The lowest BCUT2D eigenvalue weighted by atomic mass is 9.95. The maximum atomic E-state index is 13.1. The second kappa shape index (κ2) is 9.56. The van der Waals surface area contributed by atoms with Crippen molar-refractivity contribution in [1.29, 1.82) is 0 Å². The minimum Gasteiger partial charge on any atom is -0.360 e. The maximum Gasteiger partial charge on any atom is 0.248 e. The maximum absolute atomic E-state index is 13.1. The molecule has 10 heteroatoms. The zero-order valence-corrected chi connectivity index (χ0v) is 18.4. The van der Waals surface area contributed by atoms with E-state index in [0.717, 1.165) is 32.5 Å². The Kier molecular flexibility index (Phi) is 7.89. The molecular weight excluding hydrogens is 404 g/mol. The Balaban J connectivity index is 0.00000280. The number of carbonyl (C=O) groups excluding carboxylic acids is 1. The Morgan fingerprint density at radius 2 is 1.96 bits per heavy atom. The van der Waals surface area contributed by atoms with Gasteiger partial charge in [-0.25, -0.2) is 8.42 Å². The minimum atomic E-state index is -3.63. The van der Waals surface area contributed by atoms with Crippen molar-refractivity contribution in [3.8, 4) is 0 Å². The molecule has 2 aliphatic heterocycles.